The molecule has 0 fully saturated rings. The fourth-order valence-electron chi connectivity index (χ4n) is 14.0. The van der Waals surface area contributed by atoms with Gasteiger partial charge >= 0.3 is 0 Å². The molecule has 0 bridgehead atoms. The first kappa shape index (κ1) is 110. The molecule has 12 aromatic carbocycles. The second-order valence-corrected chi connectivity index (χ2v) is 43.9. The van der Waals surface area contributed by atoms with E-state index in [0.717, 1.165) is 44.5 Å². The Morgan fingerprint density at radius 2 is 0.346 bits per heavy atom. The Morgan fingerprint density at radius 3 is 0.449 bits per heavy atom. The fourth-order valence-corrected chi connectivity index (χ4v) is 22.7. The van der Waals surface area contributed by atoms with Gasteiger partial charge in [0.25, 0.3) is 0 Å². The van der Waals surface area contributed by atoms with Crippen LogP contribution in [-0.2, 0) is 92.5 Å². The van der Waals surface area contributed by atoms with Crippen LogP contribution in [0.15, 0.2) is 285 Å². The van der Waals surface area contributed by atoms with E-state index in [-0.39, 0.29) is 52.4 Å². The van der Waals surface area contributed by atoms with Gasteiger partial charge in [0.1, 0.15) is 90.3 Å². The summed E-state index contributed by atoms with van der Waals surface area (Å²) in [5.74, 6) is 3.37. The summed E-state index contributed by atoms with van der Waals surface area (Å²) >= 11 is 12.9. The van der Waals surface area contributed by atoms with Gasteiger partial charge in [0, 0.05) is 70.2 Å². The third-order valence-electron chi connectivity index (χ3n) is 22.4. The normalized spacial score (nSPS) is 13.5. The summed E-state index contributed by atoms with van der Waals surface area (Å²) < 4.78 is 212. The number of rotatable bonds is 40. The third-order valence-corrected chi connectivity index (χ3v) is 33.8. The van der Waals surface area contributed by atoms with Crippen molar-refractivity contribution in [1.29, 1.82) is 0 Å². The van der Waals surface area contributed by atoms with E-state index in [0.29, 0.717) is 86.1 Å². The summed E-state index contributed by atoms with van der Waals surface area (Å²) in [5.41, 5.74) is 7.32. The van der Waals surface area contributed by atoms with Gasteiger partial charge in [0.15, 0.2) is 0 Å². The molecule has 36 heteroatoms. The average Bonchev–Trinajstić information content (AvgIpc) is 0.800. The number of hydrogen-bond donors (Lipinski definition) is 4. The Labute approximate surface area is 827 Å². The van der Waals surface area contributed by atoms with Gasteiger partial charge in [-0.25, -0.2) is 51.2 Å². The van der Waals surface area contributed by atoms with E-state index in [9.17, 15) is 71.7 Å². The molecule has 728 valence electrons. The van der Waals surface area contributed by atoms with E-state index in [1.165, 1.54) is 118 Å². The molecule has 0 aromatic heterocycles. The highest BCUT2D eigenvalue weighted by molar-refractivity contribution is 9.11. The molecule has 24 nitrogen and oxygen atoms in total. The van der Waals surface area contributed by atoms with Crippen LogP contribution < -0.4 is 37.9 Å². The van der Waals surface area contributed by atoms with Crippen molar-refractivity contribution in [2.75, 3.05) is 56.9 Å². The molecule has 0 saturated heterocycles. The van der Waals surface area contributed by atoms with Gasteiger partial charge in [-0.3, -0.25) is 0 Å². The van der Waals surface area contributed by atoms with Crippen molar-refractivity contribution in [3.05, 3.63) is 375 Å². The smallest absolute Gasteiger partial charge is 0.220 e. The van der Waals surface area contributed by atoms with Crippen molar-refractivity contribution in [2.24, 2.45) is 0 Å². The van der Waals surface area contributed by atoms with Crippen molar-refractivity contribution in [3.63, 3.8) is 0 Å². The van der Waals surface area contributed by atoms with Crippen LogP contribution >= 0.6 is 63.7 Å². The zero-order chi connectivity index (χ0) is 99.5. The molecule has 8 atom stereocenters. The molecule has 136 heavy (non-hydrogen) atoms. The van der Waals surface area contributed by atoms with E-state index in [1.807, 2.05) is 0 Å². The molecule has 12 aromatic rings. The second-order valence-electron chi connectivity index (χ2n) is 31.3. The van der Waals surface area contributed by atoms with Crippen LogP contribution in [0.5, 0.6) is 46.0 Å². The lowest BCUT2D eigenvalue weighted by molar-refractivity contribution is 0.171. The Morgan fingerprint density at radius 1 is 0.228 bits per heavy atom. The van der Waals surface area contributed by atoms with Gasteiger partial charge < -0.3 is 58.3 Å². The van der Waals surface area contributed by atoms with Crippen LogP contribution in [0.2, 0.25) is 0 Å². The van der Waals surface area contributed by atoms with Gasteiger partial charge in [-0.2, -0.15) is 17.2 Å². The molecular weight excluding hydrogens is 2100 g/mol. The summed E-state index contributed by atoms with van der Waals surface area (Å²) in [6.07, 6.45) is -5.47. The Balaban J connectivity index is 0.000000203. The highest BCUT2D eigenvalue weighted by Crippen LogP contribution is 2.39. The van der Waals surface area contributed by atoms with Gasteiger partial charge in [-0.05, 0) is 240 Å². The number of methoxy groups -OCH3 is 8. The summed E-state index contributed by atoms with van der Waals surface area (Å²) in [6.45, 7) is 6.57. The number of sulfonamides is 4. The van der Waals surface area contributed by atoms with Crippen molar-refractivity contribution < 1.29 is 110 Å². The molecular formula is C100H108Br4F4N4O20S4. The predicted molar refractivity (Wildman–Crippen MR) is 531 cm³/mol. The first-order chi connectivity index (χ1) is 64.6. The molecule has 0 aliphatic heterocycles. The number of nitrogens with zero attached hydrogens (tertiary/aromatic N) is 4. The Bertz CT molecular complexity index is 5380. The molecule has 0 aliphatic rings. The topological polar surface area (TPSA) is 304 Å². The number of hydrogen-bond acceptors (Lipinski definition) is 20. The highest BCUT2D eigenvalue weighted by atomic mass is 79.9. The molecule has 0 spiro atoms. The number of benzene rings is 12. The quantitative estimate of drug-likeness (QED) is 0.0259. The first-order valence-corrected chi connectivity index (χ1v) is 51.3. The zero-order valence-electron chi connectivity index (χ0n) is 76.4. The molecule has 0 heterocycles. The second kappa shape index (κ2) is 51.2. The van der Waals surface area contributed by atoms with Crippen LogP contribution in [0.25, 0.3) is 0 Å². The SMILES string of the molecule is COc1ccc(CN(Cc2ccc(OC)cc2)S(=O)(=O)[C@@H](C)[C@@H](O)c2ccc(F)cc2Br)cc1.COc1ccc(CN(Cc2ccc(OC)cc2)S(=O)(=O)[C@@H](C)[C@H](O)c2ccc(F)cc2Br)cc1.COc1ccc(CN(Cc2ccc(OC)cc2)S(=O)(=O)[C@H](C)[C@@H](O)c2ccc(F)cc2Br)cc1.COc1ccc(CN(Cc2ccc(OC)cc2)S(=O)(=O)[C@H](C)[C@H](O)c2ccc(F)cc2Br)cc1. The molecule has 0 aliphatic carbocycles. The lowest BCUT2D eigenvalue weighted by Gasteiger charge is -2.29. The third kappa shape index (κ3) is 30.1. The van der Waals surface area contributed by atoms with Crippen LogP contribution in [-0.4, -0.2) is 149 Å². The standard InChI is InChI=1S/4C25H27BrFNO5S/c4*1-17(25(29)23-13-8-20(27)14-24(23)26)34(30,31)28(15-18-4-9-21(32-2)10-5-18)16-19-6-11-22(33-3)12-7-19/h4*4-14,17,25,29H,15-16H2,1-3H3/t2*17-,25+;2*17-,25-/m1010/s1. The molecule has 4 N–H and O–H groups in total. The Hall–Kier alpha value is -9.84. The molecule has 0 radical (unpaired) electrons. The minimum absolute atomic E-state index is 0.0972. The van der Waals surface area contributed by atoms with Crippen LogP contribution in [0.3, 0.4) is 0 Å². The maximum absolute atomic E-state index is 13.7. The van der Waals surface area contributed by atoms with Crippen LogP contribution in [0, 0.1) is 23.3 Å². The maximum Gasteiger partial charge on any atom is 0.220 e. The Kier molecular flexibility index (Phi) is 41.3. The van der Waals surface area contributed by atoms with E-state index >= 15 is 0 Å². The number of ether oxygens (including phenoxy) is 8. The lowest BCUT2D eigenvalue weighted by atomic mass is 10.1. The largest absolute Gasteiger partial charge is 0.497 e. The first-order valence-electron chi connectivity index (χ1n) is 42.1. The molecule has 0 saturated carbocycles. The average molecular weight is 2210 g/mol. The van der Waals surface area contributed by atoms with Crippen LogP contribution in [0.4, 0.5) is 17.6 Å². The van der Waals surface area contributed by atoms with Gasteiger partial charge in [-0.15, -0.1) is 0 Å². The number of aliphatic hydroxyl groups excluding tert-OH is 4. The van der Waals surface area contributed by atoms with E-state index in [1.54, 1.807) is 251 Å². The molecule has 0 amide bonds. The van der Waals surface area contributed by atoms with Gasteiger partial charge in [-0.1, -0.05) is 185 Å². The van der Waals surface area contributed by atoms with Crippen molar-refractivity contribution in [1.82, 2.24) is 17.2 Å². The number of halogens is 8. The minimum atomic E-state index is -4.00. The predicted octanol–water partition coefficient (Wildman–Crippen LogP) is 20.2. The molecule has 12 rings (SSSR count). The minimum Gasteiger partial charge on any atom is -0.497 e. The molecule has 0 unspecified atom stereocenters. The van der Waals surface area contributed by atoms with E-state index in [4.69, 9.17) is 37.9 Å². The summed E-state index contributed by atoms with van der Waals surface area (Å²) in [4.78, 5) is 0. The fraction of sp³-hybridized carbons (Fsp3) is 0.280. The maximum atomic E-state index is 13.7. The van der Waals surface area contributed by atoms with E-state index in [2.05, 4.69) is 63.7 Å². The van der Waals surface area contributed by atoms with Crippen molar-refractivity contribution >= 4 is 104 Å². The number of aliphatic hydroxyl groups is 4. The van der Waals surface area contributed by atoms with Crippen molar-refractivity contribution in [2.45, 2.75) is 125 Å². The lowest BCUT2D eigenvalue weighted by Crippen LogP contribution is -2.39. The van der Waals surface area contributed by atoms with Gasteiger partial charge in [0.2, 0.25) is 40.1 Å². The van der Waals surface area contributed by atoms with Gasteiger partial charge in [0.05, 0.1) is 81.3 Å². The van der Waals surface area contributed by atoms with E-state index < -0.39 is 109 Å². The monoisotopic (exact) mass is 2200 g/mol. The summed E-state index contributed by atoms with van der Waals surface area (Å²) in [7, 11) is -3.49. The summed E-state index contributed by atoms with van der Waals surface area (Å²) in [5, 5.41) is 38.9. The van der Waals surface area contributed by atoms with Crippen LogP contribution in [0.1, 0.15) is 119 Å². The zero-order valence-corrected chi connectivity index (χ0v) is 86.1. The van der Waals surface area contributed by atoms with Crippen molar-refractivity contribution in [3.8, 4) is 46.0 Å². The summed E-state index contributed by atoms with van der Waals surface area (Å²) in [6, 6.07) is 72.1. The highest BCUT2D eigenvalue weighted by Gasteiger charge is 2.41.